The number of aromatic nitrogens is 2. The summed E-state index contributed by atoms with van der Waals surface area (Å²) in [6.45, 7) is 0.374. The van der Waals surface area contributed by atoms with Crippen LogP contribution in [0.15, 0.2) is 82.4 Å². The van der Waals surface area contributed by atoms with Crippen molar-refractivity contribution in [3.63, 3.8) is 0 Å². The van der Waals surface area contributed by atoms with Gasteiger partial charge in [-0.2, -0.15) is 0 Å². The largest absolute Gasteiger partial charge is 0.454 e. The Kier molecular flexibility index (Phi) is 5.40. The van der Waals surface area contributed by atoms with Crippen molar-refractivity contribution in [2.45, 2.75) is 19.0 Å². The van der Waals surface area contributed by atoms with E-state index < -0.39 is 23.2 Å². The molecule has 166 valence electrons. The molecule has 0 radical (unpaired) electrons. The van der Waals surface area contributed by atoms with E-state index in [0.717, 1.165) is 15.7 Å². The Balaban J connectivity index is 1.48. The number of fused-ring (bicyclic) bond motifs is 2. The number of ether oxygens (including phenoxy) is 2. The molecule has 0 bridgehead atoms. The summed E-state index contributed by atoms with van der Waals surface area (Å²) in [7, 11) is 0. The minimum Gasteiger partial charge on any atom is -0.454 e. The van der Waals surface area contributed by atoms with Crippen LogP contribution in [0.1, 0.15) is 17.2 Å². The zero-order chi connectivity index (χ0) is 22.8. The molecule has 1 aliphatic rings. The molecule has 4 aromatic rings. The highest BCUT2D eigenvalue weighted by atomic mass is 16.7. The van der Waals surface area contributed by atoms with E-state index in [4.69, 9.17) is 9.47 Å². The normalized spacial score (nSPS) is 13.1. The van der Waals surface area contributed by atoms with Gasteiger partial charge in [-0.3, -0.25) is 9.59 Å². The molecular formula is C25H21N3O5. The summed E-state index contributed by atoms with van der Waals surface area (Å²) in [6, 6.07) is 20.4. The number of hydrogen-bond acceptors (Lipinski definition) is 5. The molecule has 1 aromatic heterocycles. The van der Waals surface area contributed by atoms with Gasteiger partial charge in [0.05, 0.1) is 10.9 Å². The number of carbonyl (C=O) groups is 1. The monoisotopic (exact) mass is 443 g/mol. The summed E-state index contributed by atoms with van der Waals surface area (Å²) in [5.41, 5.74) is 0.945. The van der Waals surface area contributed by atoms with Crippen molar-refractivity contribution in [3.8, 4) is 11.5 Å². The van der Waals surface area contributed by atoms with Crippen molar-refractivity contribution in [1.82, 2.24) is 14.9 Å². The number of hydrogen-bond donors (Lipinski definition) is 2. The predicted molar refractivity (Wildman–Crippen MR) is 122 cm³/mol. The van der Waals surface area contributed by atoms with Crippen molar-refractivity contribution in [2.24, 2.45) is 0 Å². The molecule has 0 fully saturated rings. The lowest BCUT2D eigenvalue weighted by Gasteiger charge is -2.19. The van der Waals surface area contributed by atoms with E-state index in [1.54, 1.807) is 36.4 Å². The van der Waals surface area contributed by atoms with Crippen LogP contribution in [0.3, 0.4) is 0 Å². The second-order valence-corrected chi connectivity index (χ2v) is 7.76. The van der Waals surface area contributed by atoms with E-state index in [2.05, 4.69) is 10.3 Å². The molecule has 5 rings (SSSR count). The fourth-order valence-corrected chi connectivity index (χ4v) is 3.96. The second kappa shape index (κ2) is 8.66. The lowest BCUT2D eigenvalue weighted by atomic mass is 10.0. The number of benzene rings is 3. The lowest BCUT2D eigenvalue weighted by Crippen LogP contribution is -2.45. The number of para-hydroxylation sites is 1. The molecule has 1 aliphatic heterocycles. The summed E-state index contributed by atoms with van der Waals surface area (Å²) in [5, 5.41) is 3.21. The smallest absolute Gasteiger partial charge is 0.329 e. The molecule has 0 saturated carbocycles. The average molecular weight is 443 g/mol. The first-order valence-electron chi connectivity index (χ1n) is 10.5. The van der Waals surface area contributed by atoms with Crippen molar-refractivity contribution >= 4 is 16.8 Å². The van der Waals surface area contributed by atoms with Crippen LogP contribution in [-0.4, -0.2) is 22.3 Å². The number of nitrogens with one attached hydrogen (secondary N) is 2. The number of rotatable bonds is 6. The van der Waals surface area contributed by atoms with Crippen molar-refractivity contribution < 1.29 is 14.3 Å². The van der Waals surface area contributed by atoms with Crippen molar-refractivity contribution in [1.29, 1.82) is 0 Å². The zero-order valence-corrected chi connectivity index (χ0v) is 17.6. The molecule has 0 aliphatic carbocycles. The fraction of sp³-hybridized carbons (Fsp3) is 0.160. The van der Waals surface area contributed by atoms with Gasteiger partial charge < -0.3 is 19.8 Å². The van der Waals surface area contributed by atoms with Gasteiger partial charge in [-0.25, -0.2) is 9.36 Å². The van der Waals surface area contributed by atoms with Crippen LogP contribution in [0.4, 0.5) is 0 Å². The van der Waals surface area contributed by atoms with Crippen LogP contribution >= 0.6 is 0 Å². The molecule has 1 amide bonds. The van der Waals surface area contributed by atoms with E-state index in [1.165, 1.54) is 0 Å². The Morgan fingerprint density at radius 2 is 1.70 bits per heavy atom. The van der Waals surface area contributed by atoms with E-state index >= 15 is 0 Å². The van der Waals surface area contributed by atoms with E-state index in [1.807, 2.05) is 36.4 Å². The van der Waals surface area contributed by atoms with Gasteiger partial charge in [-0.15, -0.1) is 0 Å². The molecule has 2 N–H and O–H groups in total. The fourth-order valence-electron chi connectivity index (χ4n) is 3.96. The number of amides is 1. The van der Waals surface area contributed by atoms with Crippen LogP contribution in [0, 0.1) is 0 Å². The van der Waals surface area contributed by atoms with Gasteiger partial charge in [0.25, 0.3) is 5.56 Å². The highest BCUT2D eigenvalue weighted by Crippen LogP contribution is 2.32. The van der Waals surface area contributed by atoms with Gasteiger partial charge >= 0.3 is 5.69 Å². The van der Waals surface area contributed by atoms with Gasteiger partial charge in [0.1, 0.15) is 6.04 Å². The van der Waals surface area contributed by atoms with Crippen LogP contribution < -0.4 is 26.0 Å². The summed E-state index contributed by atoms with van der Waals surface area (Å²) in [5.74, 6) is 0.838. The van der Waals surface area contributed by atoms with Crippen LogP contribution in [0.25, 0.3) is 10.9 Å². The molecule has 0 unspecified atom stereocenters. The Morgan fingerprint density at radius 3 is 2.55 bits per heavy atom. The van der Waals surface area contributed by atoms with Crippen molar-refractivity contribution in [2.75, 3.05) is 6.79 Å². The maximum Gasteiger partial charge on any atom is 0.329 e. The van der Waals surface area contributed by atoms with Crippen LogP contribution in [0.2, 0.25) is 0 Å². The van der Waals surface area contributed by atoms with Gasteiger partial charge in [0.2, 0.25) is 12.7 Å². The molecule has 0 saturated heterocycles. The minimum atomic E-state index is -1.03. The number of H-pyrrole nitrogens is 1. The molecule has 1 atom stereocenters. The molecule has 33 heavy (non-hydrogen) atoms. The lowest BCUT2D eigenvalue weighted by molar-refractivity contribution is -0.124. The highest BCUT2D eigenvalue weighted by molar-refractivity contribution is 5.82. The van der Waals surface area contributed by atoms with Crippen molar-refractivity contribution in [3.05, 3.63) is 105 Å². The highest BCUT2D eigenvalue weighted by Gasteiger charge is 2.25. The molecule has 0 spiro atoms. The summed E-state index contributed by atoms with van der Waals surface area (Å²) in [4.78, 5) is 42.1. The third-order valence-electron chi connectivity index (χ3n) is 5.63. The Morgan fingerprint density at radius 1 is 0.939 bits per heavy atom. The average Bonchev–Trinajstić information content (AvgIpc) is 3.30. The SMILES string of the molecule is O=C(NCc1ccc2c(c1)OCO2)[C@@H](Cc1ccccc1)n1c(=O)[nH]c2ccccc2c1=O. The predicted octanol–water partition coefficient (Wildman–Crippen LogP) is 2.52. The maximum absolute atomic E-state index is 13.3. The number of nitrogens with zero attached hydrogens (tertiary/aromatic N) is 1. The Bertz CT molecular complexity index is 1440. The standard InChI is InChI=1S/C25H21N3O5/c29-23(26-14-17-10-11-21-22(13-17)33-15-32-21)20(12-16-6-2-1-3-7-16)28-24(30)18-8-4-5-9-19(18)27-25(28)31/h1-11,13,20H,12,14-15H2,(H,26,29)(H,27,31)/t20-/m1/s1. The van der Waals surface area contributed by atoms with E-state index in [0.29, 0.717) is 22.4 Å². The third-order valence-corrected chi connectivity index (χ3v) is 5.63. The number of carbonyl (C=O) groups excluding carboxylic acids is 1. The van der Waals surface area contributed by atoms with Gasteiger partial charge in [0.15, 0.2) is 11.5 Å². The molecule has 8 heteroatoms. The van der Waals surface area contributed by atoms with Gasteiger partial charge in [-0.05, 0) is 35.4 Å². The summed E-state index contributed by atoms with van der Waals surface area (Å²) >= 11 is 0. The van der Waals surface area contributed by atoms with E-state index in [9.17, 15) is 14.4 Å². The quantitative estimate of drug-likeness (QED) is 0.477. The van der Waals surface area contributed by atoms with Gasteiger partial charge in [-0.1, -0.05) is 48.5 Å². The third kappa shape index (κ3) is 4.10. The van der Waals surface area contributed by atoms with Gasteiger partial charge in [0, 0.05) is 13.0 Å². The maximum atomic E-state index is 13.3. The molecule has 3 aromatic carbocycles. The summed E-state index contributed by atoms with van der Waals surface area (Å²) < 4.78 is 11.7. The molecule has 2 heterocycles. The topological polar surface area (TPSA) is 102 Å². The molecular weight excluding hydrogens is 422 g/mol. The first kappa shape index (κ1) is 20.6. The second-order valence-electron chi connectivity index (χ2n) is 7.76. The summed E-state index contributed by atoms with van der Waals surface area (Å²) in [6.07, 6.45) is 0.190. The zero-order valence-electron chi connectivity index (χ0n) is 17.6. The van der Waals surface area contributed by atoms with Crippen LogP contribution in [-0.2, 0) is 17.8 Å². The Hall–Kier alpha value is -4.33. The molecule has 8 nitrogen and oxygen atoms in total. The minimum absolute atomic E-state index is 0.165. The van der Waals surface area contributed by atoms with E-state index in [-0.39, 0.29) is 19.8 Å². The first-order chi connectivity index (χ1) is 16.1. The first-order valence-corrected chi connectivity index (χ1v) is 10.5. The Labute approximate surface area is 188 Å². The van der Waals surface area contributed by atoms with Crippen LogP contribution in [0.5, 0.6) is 11.5 Å². The number of aromatic amines is 1.